The molecule has 9 aliphatic rings. The van der Waals surface area contributed by atoms with Crippen molar-refractivity contribution in [3.8, 4) is 33.6 Å². The minimum atomic E-state index is -1.17. The molecule has 13 rings (SSSR count). The van der Waals surface area contributed by atoms with E-state index in [-0.39, 0.29) is 59.0 Å². The van der Waals surface area contributed by atoms with Gasteiger partial charge in [-0.3, -0.25) is 9.59 Å². The number of piperidine rings is 2. The molecule has 10 atom stereocenters. The number of carbonyl (C=O) groups is 4. The molecule has 8 fully saturated rings. The lowest BCUT2D eigenvalue weighted by molar-refractivity contribution is -0.140. The summed E-state index contributed by atoms with van der Waals surface area (Å²) in [7, 11) is 1.34. The van der Waals surface area contributed by atoms with Crippen molar-refractivity contribution in [2.45, 2.75) is 137 Å². The summed E-state index contributed by atoms with van der Waals surface area (Å²) in [5, 5.41) is 15.4. The number of likely N-dealkylation sites (tertiary alicyclic amines) is 2. The minimum absolute atomic E-state index is 0.0127. The predicted molar refractivity (Wildman–Crippen MR) is 242 cm³/mol. The standard InChI is InChI=1S/C51H58N8O8/c1-65-49(64)57-42(31-11-17-67-51(24-31)14-15-51)47(61)59-38-20-33(38)22-40(59)45-53-35-9-7-29-18-28(6-8-34(29)43(35)55-45)26-2-4-27(5-3-26)36-25-52-44(54-36)39-21-32-19-37(32)58(39)46(60)41(56-48(62)63)30-10-16-66-50(23-30)12-13-50/h2-6,8,18,25,30-33,37-42,56H,7,9-17,19-24H2,1H3,(H,52,54)(H,53,55)(H,57,64)(H,62,63)/t30?,31?,32-,33-,37-,38-,39+,40+,41?,42?/m1/s1. The van der Waals surface area contributed by atoms with E-state index in [2.05, 4.69) is 63.1 Å². The molecule has 67 heavy (non-hydrogen) atoms. The third-order valence-electron chi connectivity index (χ3n) is 17.2. The second-order valence-corrected chi connectivity index (χ2v) is 21.3. The van der Waals surface area contributed by atoms with Gasteiger partial charge in [0.25, 0.3) is 0 Å². The van der Waals surface area contributed by atoms with Gasteiger partial charge in [0.15, 0.2) is 0 Å². The number of aromatic amines is 2. The highest BCUT2D eigenvalue weighted by Crippen LogP contribution is 2.56. The molecule has 16 nitrogen and oxygen atoms in total. The van der Waals surface area contributed by atoms with Gasteiger partial charge in [-0.05, 0) is 130 Å². The van der Waals surface area contributed by atoms with Crippen LogP contribution in [0.25, 0.3) is 33.6 Å². The lowest BCUT2D eigenvalue weighted by Gasteiger charge is -2.37. The average molecular weight is 911 g/mol. The van der Waals surface area contributed by atoms with Crippen LogP contribution in [0.4, 0.5) is 9.59 Å². The van der Waals surface area contributed by atoms with Crippen molar-refractivity contribution >= 4 is 24.0 Å². The van der Waals surface area contributed by atoms with Crippen LogP contribution in [0.2, 0.25) is 0 Å². The molecule has 6 heterocycles. The van der Waals surface area contributed by atoms with E-state index in [1.807, 2.05) is 16.0 Å². The van der Waals surface area contributed by atoms with E-state index in [4.69, 9.17) is 24.2 Å². The van der Waals surface area contributed by atoms with Gasteiger partial charge in [-0.15, -0.1) is 0 Å². The number of alkyl carbamates (subject to hydrolysis) is 1. The summed E-state index contributed by atoms with van der Waals surface area (Å²) in [4.78, 5) is 74.9. The Morgan fingerprint density at radius 3 is 1.97 bits per heavy atom. The highest BCUT2D eigenvalue weighted by molar-refractivity contribution is 5.88. The maximum Gasteiger partial charge on any atom is 0.407 e. The number of imidazole rings is 2. The summed E-state index contributed by atoms with van der Waals surface area (Å²) < 4.78 is 17.1. The summed E-state index contributed by atoms with van der Waals surface area (Å²) in [5.41, 5.74) is 8.05. The first-order chi connectivity index (χ1) is 32.5. The second-order valence-electron chi connectivity index (χ2n) is 21.3. The maximum atomic E-state index is 14.6. The summed E-state index contributed by atoms with van der Waals surface area (Å²) in [5.74, 6) is 2.12. The van der Waals surface area contributed by atoms with Crippen molar-refractivity contribution in [1.29, 1.82) is 0 Å². The summed E-state index contributed by atoms with van der Waals surface area (Å²) >= 11 is 0. The number of rotatable bonds is 10. The lowest BCUT2D eigenvalue weighted by Crippen LogP contribution is -2.54. The van der Waals surface area contributed by atoms with Crippen LogP contribution in [-0.4, -0.2) is 115 Å². The Morgan fingerprint density at radius 2 is 1.36 bits per heavy atom. The van der Waals surface area contributed by atoms with E-state index >= 15 is 0 Å². The Labute approximate surface area is 388 Å². The van der Waals surface area contributed by atoms with Gasteiger partial charge in [0.05, 0.1) is 41.8 Å². The Kier molecular flexibility index (Phi) is 9.52. The molecule has 0 radical (unpaired) electrons. The molecule has 4 aromatic rings. The first-order valence-electron chi connectivity index (χ1n) is 24.7. The molecule has 5 N–H and O–H groups in total. The molecule has 350 valence electrons. The van der Waals surface area contributed by atoms with Gasteiger partial charge in [0.2, 0.25) is 11.8 Å². The number of carbonyl (C=O) groups excluding carboxylic acids is 3. The molecule has 4 aliphatic heterocycles. The van der Waals surface area contributed by atoms with E-state index in [1.165, 1.54) is 12.7 Å². The molecule has 2 spiro atoms. The number of carboxylic acid groups (broad SMARTS) is 1. The zero-order valence-corrected chi connectivity index (χ0v) is 37.8. The van der Waals surface area contributed by atoms with Crippen molar-refractivity contribution in [2.24, 2.45) is 23.7 Å². The molecule has 4 saturated carbocycles. The third kappa shape index (κ3) is 7.31. The van der Waals surface area contributed by atoms with Crippen molar-refractivity contribution in [2.75, 3.05) is 20.3 Å². The summed E-state index contributed by atoms with van der Waals surface area (Å²) in [6.07, 6.45) is 12.2. The van der Waals surface area contributed by atoms with Crippen molar-refractivity contribution < 1.29 is 38.5 Å². The smallest absolute Gasteiger partial charge is 0.407 e. The molecule has 5 aliphatic carbocycles. The van der Waals surface area contributed by atoms with Gasteiger partial charge < -0.3 is 49.7 Å². The molecule has 4 saturated heterocycles. The van der Waals surface area contributed by atoms with Gasteiger partial charge in [-0.1, -0.05) is 42.5 Å². The highest BCUT2D eigenvalue weighted by Gasteiger charge is 2.60. The average Bonchev–Trinajstić information content (AvgIpc) is 4.33. The van der Waals surface area contributed by atoms with Gasteiger partial charge in [-0.2, -0.15) is 0 Å². The number of aromatic nitrogens is 4. The van der Waals surface area contributed by atoms with E-state index < -0.39 is 24.3 Å². The number of fused-ring (bicyclic) bond motifs is 5. The number of nitrogens with zero attached hydrogens (tertiary/aromatic N) is 4. The second kappa shape index (κ2) is 15.4. The van der Waals surface area contributed by atoms with Gasteiger partial charge >= 0.3 is 12.2 Å². The quantitative estimate of drug-likeness (QED) is 0.112. The SMILES string of the molecule is COC(=O)NC(C(=O)N1[C@@H]2C[C@@H]2C[C@H]1c1nc2c([nH]1)CCc1cc(-c3ccc(-c4c[nH]c([C@@H]5C[C@H]6C[C@H]6N5C(=O)C(NC(=O)O)C5CCOC6(CC6)C5)n4)cc3)ccc1-2)C1CCOC2(CC2)C1. The number of hydrogen-bond acceptors (Lipinski definition) is 9. The third-order valence-corrected chi connectivity index (χ3v) is 17.2. The zero-order valence-electron chi connectivity index (χ0n) is 37.8. The van der Waals surface area contributed by atoms with Crippen LogP contribution in [0.5, 0.6) is 0 Å². The zero-order chi connectivity index (χ0) is 45.3. The number of amides is 4. The number of aryl methyl sites for hydroxylation is 2. The molecule has 4 unspecified atom stereocenters. The number of H-pyrrole nitrogens is 2. The molecule has 0 bridgehead atoms. The largest absolute Gasteiger partial charge is 0.465 e. The van der Waals surface area contributed by atoms with Crippen LogP contribution in [-0.2, 0) is 36.6 Å². The number of methoxy groups -OCH3 is 1. The van der Waals surface area contributed by atoms with Gasteiger partial charge in [-0.25, -0.2) is 19.6 Å². The van der Waals surface area contributed by atoms with Crippen LogP contribution >= 0.6 is 0 Å². The number of benzene rings is 2. The lowest BCUT2D eigenvalue weighted by atomic mass is 9.86. The Bertz CT molecular complexity index is 2670. The van der Waals surface area contributed by atoms with E-state index in [0.29, 0.717) is 37.9 Å². The fourth-order valence-electron chi connectivity index (χ4n) is 13.1. The Morgan fingerprint density at radius 1 is 0.761 bits per heavy atom. The van der Waals surface area contributed by atoms with Crippen molar-refractivity contribution in [3.05, 3.63) is 71.6 Å². The molecular formula is C51H58N8O8. The van der Waals surface area contributed by atoms with Crippen LogP contribution in [0.15, 0.2) is 48.7 Å². The minimum Gasteiger partial charge on any atom is -0.465 e. The fourth-order valence-corrected chi connectivity index (χ4v) is 13.1. The molecule has 4 amide bonds. The van der Waals surface area contributed by atoms with Crippen molar-refractivity contribution in [1.82, 2.24) is 40.4 Å². The monoisotopic (exact) mass is 910 g/mol. The van der Waals surface area contributed by atoms with Gasteiger partial charge in [0, 0.05) is 48.3 Å². The van der Waals surface area contributed by atoms with E-state index in [1.54, 1.807) is 0 Å². The maximum absolute atomic E-state index is 14.6. The topological polar surface area (TPSA) is 204 Å². The number of nitrogens with one attached hydrogen (secondary N) is 4. The van der Waals surface area contributed by atoms with Crippen molar-refractivity contribution in [3.63, 3.8) is 0 Å². The van der Waals surface area contributed by atoms with E-state index in [0.717, 1.165) is 128 Å². The molecule has 16 heteroatoms. The summed E-state index contributed by atoms with van der Waals surface area (Å²) in [6.45, 7) is 1.15. The molecule has 2 aromatic heterocycles. The summed E-state index contributed by atoms with van der Waals surface area (Å²) in [6, 6.07) is 13.4. The van der Waals surface area contributed by atoms with Crippen LogP contribution in [0, 0.1) is 23.7 Å². The Hall–Kier alpha value is -5.74. The Balaban J connectivity index is 0.705. The van der Waals surface area contributed by atoms with Gasteiger partial charge in [0.1, 0.15) is 23.7 Å². The normalized spacial score (nSPS) is 30.6. The molecular weight excluding hydrogens is 853 g/mol. The first-order valence-corrected chi connectivity index (χ1v) is 24.7. The first kappa shape index (κ1) is 41.4. The van der Waals surface area contributed by atoms with Crippen LogP contribution in [0.1, 0.15) is 112 Å². The van der Waals surface area contributed by atoms with Crippen LogP contribution in [0.3, 0.4) is 0 Å². The number of hydrogen-bond donors (Lipinski definition) is 5. The predicted octanol–water partition coefficient (Wildman–Crippen LogP) is 6.84. The molecule has 2 aromatic carbocycles. The highest BCUT2D eigenvalue weighted by atomic mass is 16.5. The van der Waals surface area contributed by atoms with Crippen LogP contribution < -0.4 is 10.6 Å². The number of ether oxygens (including phenoxy) is 3. The fraction of sp³-hybridized carbons (Fsp3) is 0.569. The van der Waals surface area contributed by atoms with E-state index in [9.17, 15) is 24.3 Å².